The average molecular weight is 530 g/mol. The van der Waals surface area contributed by atoms with Crippen LogP contribution in [0.1, 0.15) is 35.6 Å². The van der Waals surface area contributed by atoms with Gasteiger partial charge in [0.05, 0.1) is 31.2 Å². The van der Waals surface area contributed by atoms with Gasteiger partial charge >= 0.3 is 5.97 Å². The van der Waals surface area contributed by atoms with E-state index in [0.717, 1.165) is 9.77 Å². The van der Waals surface area contributed by atoms with Gasteiger partial charge in [-0.3, -0.25) is 4.98 Å². The van der Waals surface area contributed by atoms with Gasteiger partial charge in [-0.1, -0.05) is 54.5 Å². The molecule has 0 unspecified atom stereocenters. The molecular weight excluding hydrogens is 513 g/mol. The first kappa shape index (κ1) is 24.2. The topological polar surface area (TPSA) is 105 Å². The van der Waals surface area contributed by atoms with E-state index >= 15 is 0 Å². The molecule has 0 saturated carbocycles. The first-order valence-electron chi connectivity index (χ1n) is 10.0. The highest BCUT2D eigenvalue weighted by Crippen LogP contribution is 2.42. The van der Waals surface area contributed by atoms with Crippen LogP contribution in [0.2, 0.25) is 10.0 Å². The number of carboxylic acid groups (broad SMARTS) is 1. The van der Waals surface area contributed by atoms with Crippen molar-refractivity contribution in [3.63, 3.8) is 0 Å². The van der Waals surface area contributed by atoms with E-state index in [-0.39, 0.29) is 10.9 Å². The molecule has 0 spiro atoms. The SMILES string of the molecule is Cc1nn(-c2nc(-c3ccc(Cl)c(Cl)c3)c(SC(C)C)s2)c(C(=O)O)c1-c1cncc(C#N)c1. The molecule has 1 N–H and O–H groups in total. The van der Waals surface area contributed by atoms with Gasteiger partial charge in [-0.25, -0.2) is 9.78 Å². The number of nitrogens with zero attached hydrogens (tertiary/aromatic N) is 5. The number of pyridine rings is 1. The van der Waals surface area contributed by atoms with Crippen LogP contribution in [0, 0.1) is 18.3 Å². The molecule has 0 aliphatic heterocycles. The summed E-state index contributed by atoms with van der Waals surface area (Å²) in [7, 11) is 0. The largest absolute Gasteiger partial charge is 0.476 e. The third-order valence-electron chi connectivity index (χ3n) is 4.72. The van der Waals surface area contributed by atoms with Crippen LogP contribution in [0.25, 0.3) is 27.5 Å². The van der Waals surface area contributed by atoms with Crippen LogP contribution in [-0.2, 0) is 0 Å². The first-order valence-corrected chi connectivity index (χ1v) is 12.5. The number of rotatable bonds is 6. The Morgan fingerprint density at radius 3 is 2.62 bits per heavy atom. The lowest BCUT2D eigenvalue weighted by Gasteiger charge is -2.05. The number of carboxylic acids is 1. The van der Waals surface area contributed by atoms with Crippen LogP contribution < -0.4 is 0 Å². The second-order valence-corrected chi connectivity index (χ2v) is 11.2. The predicted molar refractivity (Wildman–Crippen MR) is 135 cm³/mol. The molecule has 7 nitrogen and oxygen atoms in total. The van der Waals surface area contributed by atoms with E-state index < -0.39 is 5.97 Å². The third kappa shape index (κ3) is 4.68. The summed E-state index contributed by atoms with van der Waals surface area (Å²) in [6, 6.07) is 8.90. The van der Waals surface area contributed by atoms with Crippen molar-refractivity contribution in [3.8, 4) is 33.6 Å². The molecule has 11 heteroatoms. The van der Waals surface area contributed by atoms with Crippen LogP contribution in [0.4, 0.5) is 0 Å². The standard InChI is InChI=1S/C23H17Cl2N5O2S2/c1-11(2)33-22-19(14-4-5-16(24)17(25)7-14)28-23(34-22)30-20(21(31)32)18(12(3)29-30)15-6-13(8-26)9-27-10-15/h4-7,9-11H,1-3H3,(H,31,32). The predicted octanol–water partition coefficient (Wildman–Crippen LogP) is 6.74. The van der Waals surface area contributed by atoms with Crippen molar-refractivity contribution in [3.05, 3.63) is 63.7 Å². The molecular formula is C23H17Cl2N5O2S2. The summed E-state index contributed by atoms with van der Waals surface area (Å²) >= 11 is 15.3. The van der Waals surface area contributed by atoms with Crippen molar-refractivity contribution in [2.24, 2.45) is 0 Å². The summed E-state index contributed by atoms with van der Waals surface area (Å²) in [6.07, 6.45) is 2.94. The van der Waals surface area contributed by atoms with Gasteiger partial charge in [0.2, 0.25) is 5.13 Å². The molecule has 0 radical (unpaired) electrons. The van der Waals surface area contributed by atoms with Crippen molar-refractivity contribution in [1.82, 2.24) is 19.7 Å². The van der Waals surface area contributed by atoms with Gasteiger partial charge in [0.15, 0.2) is 5.69 Å². The number of hydrogen-bond acceptors (Lipinski definition) is 7. The summed E-state index contributed by atoms with van der Waals surface area (Å²) < 4.78 is 2.24. The zero-order valence-electron chi connectivity index (χ0n) is 18.2. The van der Waals surface area contributed by atoms with Crippen LogP contribution in [-0.4, -0.2) is 36.1 Å². The van der Waals surface area contributed by atoms with E-state index in [1.54, 1.807) is 36.9 Å². The Bertz CT molecular complexity index is 1460. The van der Waals surface area contributed by atoms with E-state index in [4.69, 9.17) is 28.2 Å². The molecule has 0 amide bonds. The number of halogens is 2. The van der Waals surface area contributed by atoms with Crippen LogP contribution in [0.15, 0.2) is 40.9 Å². The number of aromatic carboxylic acids is 1. The summed E-state index contributed by atoms with van der Waals surface area (Å²) in [5.74, 6) is -1.16. The van der Waals surface area contributed by atoms with Crippen molar-refractivity contribution in [2.45, 2.75) is 30.2 Å². The van der Waals surface area contributed by atoms with Gasteiger partial charge in [-0.05, 0) is 25.1 Å². The van der Waals surface area contributed by atoms with Crippen molar-refractivity contribution in [2.75, 3.05) is 0 Å². The van der Waals surface area contributed by atoms with E-state index in [9.17, 15) is 15.2 Å². The van der Waals surface area contributed by atoms with E-state index in [1.165, 1.54) is 28.4 Å². The molecule has 4 aromatic rings. The van der Waals surface area contributed by atoms with Gasteiger partial charge < -0.3 is 5.11 Å². The zero-order chi connectivity index (χ0) is 24.6. The number of thioether (sulfide) groups is 1. The van der Waals surface area contributed by atoms with E-state index in [1.807, 2.05) is 12.1 Å². The number of thiazole rings is 1. The lowest BCUT2D eigenvalue weighted by atomic mass is 10.0. The number of aromatic nitrogens is 4. The Hall–Kier alpha value is -2.90. The molecule has 172 valence electrons. The maximum Gasteiger partial charge on any atom is 0.355 e. The number of carbonyl (C=O) groups is 1. The van der Waals surface area contributed by atoms with Crippen LogP contribution in [0.5, 0.6) is 0 Å². The number of nitriles is 1. The van der Waals surface area contributed by atoms with Gasteiger partial charge in [-0.15, -0.1) is 11.8 Å². The molecule has 0 bridgehead atoms. The third-order valence-corrected chi connectivity index (χ3v) is 7.70. The van der Waals surface area contributed by atoms with Crippen LogP contribution in [0.3, 0.4) is 0 Å². The maximum absolute atomic E-state index is 12.4. The zero-order valence-corrected chi connectivity index (χ0v) is 21.4. The molecule has 0 saturated heterocycles. The van der Waals surface area contributed by atoms with Crippen molar-refractivity contribution >= 4 is 52.3 Å². The Labute approximate surface area is 214 Å². The molecule has 34 heavy (non-hydrogen) atoms. The van der Waals surface area contributed by atoms with E-state index in [0.29, 0.717) is 43.3 Å². The second kappa shape index (κ2) is 9.76. The molecule has 1 aromatic carbocycles. The fraction of sp³-hybridized carbons (Fsp3) is 0.174. The minimum Gasteiger partial charge on any atom is -0.476 e. The second-order valence-electron chi connectivity index (χ2n) is 7.53. The molecule has 0 fully saturated rings. The highest BCUT2D eigenvalue weighted by molar-refractivity contribution is 8.01. The summed E-state index contributed by atoms with van der Waals surface area (Å²) in [5, 5.41) is 25.4. The molecule has 4 rings (SSSR count). The van der Waals surface area contributed by atoms with Crippen molar-refractivity contribution in [1.29, 1.82) is 5.26 Å². The molecule has 0 aliphatic carbocycles. The molecule has 3 aromatic heterocycles. The van der Waals surface area contributed by atoms with E-state index in [2.05, 4.69) is 23.9 Å². The summed E-state index contributed by atoms with van der Waals surface area (Å²) in [5.41, 5.74) is 3.10. The van der Waals surface area contributed by atoms with Crippen LogP contribution >= 0.6 is 46.3 Å². The minimum absolute atomic E-state index is 0.0510. The molecule has 0 atom stereocenters. The average Bonchev–Trinajstić information content (AvgIpc) is 3.36. The minimum atomic E-state index is -1.16. The highest BCUT2D eigenvalue weighted by atomic mass is 35.5. The maximum atomic E-state index is 12.4. The summed E-state index contributed by atoms with van der Waals surface area (Å²) in [6.45, 7) is 5.85. The Morgan fingerprint density at radius 2 is 1.97 bits per heavy atom. The lowest BCUT2D eigenvalue weighted by molar-refractivity contribution is 0.0688. The molecule has 0 aliphatic rings. The fourth-order valence-corrected chi connectivity index (χ4v) is 6.13. The van der Waals surface area contributed by atoms with Gasteiger partial charge in [-0.2, -0.15) is 15.0 Å². The van der Waals surface area contributed by atoms with Gasteiger partial charge in [0.25, 0.3) is 0 Å². The quantitative estimate of drug-likeness (QED) is 0.275. The van der Waals surface area contributed by atoms with Gasteiger partial charge in [0, 0.05) is 34.3 Å². The summed E-state index contributed by atoms with van der Waals surface area (Å²) in [4.78, 5) is 21.2. The Kier molecular flexibility index (Phi) is 6.96. The molecule has 3 heterocycles. The number of benzene rings is 1. The lowest BCUT2D eigenvalue weighted by Crippen LogP contribution is -2.09. The first-order chi connectivity index (χ1) is 16.2. The highest BCUT2D eigenvalue weighted by Gasteiger charge is 2.27. The Morgan fingerprint density at radius 1 is 1.21 bits per heavy atom. The normalized spacial score (nSPS) is 11.1. The fourth-order valence-electron chi connectivity index (χ4n) is 3.35. The van der Waals surface area contributed by atoms with Gasteiger partial charge in [0.1, 0.15) is 6.07 Å². The monoisotopic (exact) mass is 529 g/mol. The Balaban J connectivity index is 1.92. The smallest absolute Gasteiger partial charge is 0.355 e. The number of hydrogen-bond donors (Lipinski definition) is 1. The van der Waals surface area contributed by atoms with Crippen molar-refractivity contribution < 1.29 is 9.90 Å². The number of aryl methyl sites for hydroxylation is 1.